The van der Waals surface area contributed by atoms with E-state index in [1.165, 1.54) is 0 Å². The van der Waals surface area contributed by atoms with Gasteiger partial charge in [-0.1, -0.05) is 35.4 Å². The van der Waals surface area contributed by atoms with E-state index in [9.17, 15) is 4.79 Å². The third-order valence-corrected chi connectivity index (χ3v) is 3.34. The van der Waals surface area contributed by atoms with Gasteiger partial charge in [0.05, 0.1) is 23.0 Å². The maximum Gasteiger partial charge on any atom is 0.225 e. The number of thiocarbonyl (C=S) groups is 1. The van der Waals surface area contributed by atoms with E-state index in [-0.39, 0.29) is 18.9 Å². The molecule has 0 bridgehead atoms. The molecular formula is C13H16Cl2N2O2S. The van der Waals surface area contributed by atoms with Crippen molar-refractivity contribution >= 4 is 46.3 Å². The molecule has 0 radical (unpaired) electrons. The number of nitrogens with two attached hydrogens (primary N) is 1. The minimum absolute atomic E-state index is 0.0422. The van der Waals surface area contributed by atoms with Gasteiger partial charge in [0.15, 0.2) is 0 Å². The Morgan fingerprint density at radius 2 is 2.10 bits per heavy atom. The van der Waals surface area contributed by atoms with Gasteiger partial charge in [-0.25, -0.2) is 0 Å². The summed E-state index contributed by atoms with van der Waals surface area (Å²) in [5, 5.41) is 0.994. The molecule has 2 N–H and O–H groups in total. The first-order chi connectivity index (χ1) is 9.40. The van der Waals surface area contributed by atoms with Crippen LogP contribution >= 0.6 is 35.4 Å². The van der Waals surface area contributed by atoms with Crippen molar-refractivity contribution in [2.45, 2.75) is 12.8 Å². The lowest BCUT2D eigenvalue weighted by Crippen LogP contribution is -2.30. The van der Waals surface area contributed by atoms with E-state index in [2.05, 4.69) is 0 Å². The zero-order chi connectivity index (χ0) is 15.1. The van der Waals surface area contributed by atoms with Gasteiger partial charge in [-0.15, -0.1) is 0 Å². The van der Waals surface area contributed by atoms with Crippen molar-refractivity contribution in [2.24, 2.45) is 5.73 Å². The van der Waals surface area contributed by atoms with E-state index in [4.69, 9.17) is 45.9 Å². The Labute approximate surface area is 133 Å². The molecule has 0 saturated carbocycles. The zero-order valence-corrected chi connectivity index (χ0v) is 13.4. The minimum atomic E-state index is -0.0422. The molecule has 4 nitrogen and oxygen atoms in total. The number of hydrogen-bond donors (Lipinski definition) is 1. The van der Waals surface area contributed by atoms with Crippen LogP contribution in [-0.4, -0.2) is 36.0 Å². The molecule has 1 rings (SSSR count). The van der Waals surface area contributed by atoms with E-state index in [0.29, 0.717) is 33.7 Å². The predicted octanol–water partition coefficient (Wildman–Crippen LogP) is 2.90. The van der Waals surface area contributed by atoms with Crippen LogP contribution < -0.4 is 10.5 Å². The van der Waals surface area contributed by atoms with Gasteiger partial charge in [-0.2, -0.15) is 0 Å². The first kappa shape index (κ1) is 17.0. The Morgan fingerprint density at radius 3 is 2.75 bits per heavy atom. The van der Waals surface area contributed by atoms with E-state index < -0.39 is 0 Å². The molecule has 0 aromatic heterocycles. The largest absolute Gasteiger partial charge is 0.491 e. The maximum atomic E-state index is 11.8. The molecule has 1 aromatic rings. The van der Waals surface area contributed by atoms with E-state index >= 15 is 0 Å². The molecule has 0 heterocycles. The lowest BCUT2D eigenvalue weighted by Gasteiger charge is -2.17. The van der Waals surface area contributed by atoms with Crippen LogP contribution in [0, 0.1) is 0 Å². The molecule has 0 aliphatic heterocycles. The summed E-state index contributed by atoms with van der Waals surface area (Å²) in [6, 6.07) is 4.94. The van der Waals surface area contributed by atoms with Crippen LogP contribution in [-0.2, 0) is 4.79 Å². The third kappa shape index (κ3) is 5.94. The highest BCUT2D eigenvalue weighted by atomic mass is 35.5. The fourth-order valence-electron chi connectivity index (χ4n) is 1.43. The van der Waals surface area contributed by atoms with E-state index in [1.54, 1.807) is 30.1 Å². The van der Waals surface area contributed by atoms with Crippen molar-refractivity contribution in [2.75, 3.05) is 20.2 Å². The second-order valence-corrected chi connectivity index (χ2v) is 5.57. The minimum Gasteiger partial charge on any atom is -0.491 e. The number of benzene rings is 1. The molecule has 1 amide bonds. The molecule has 20 heavy (non-hydrogen) atoms. The van der Waals surface area contributed by atoms with E-state index in [1.807, 2.05) is 0 Å². The quantitative estimate of drug-likeness (QED) is 0.779. The summed E-state index contributed by atoms with van der Waals surface area (Å²) in [5.41, 5.74) is 5.39. The standard InChI is InChI=1S/C13H16Cl2N2O2S/c1-17(6-4-12(16)20)13(18)5-7-19-11-8-9(14)2-3-10(11)15/h2-3,8H,4-7H2,1H3,(H2,16,20). The van der Waals surface area contributed by atoms with Crippen molar-refractivity contribution in [1.29, 1.82) is 0 Å². The van der Waals surface area contributed by atoms with Gasteiger partial charge < -0.3 is 15.4 Å². The molecule has 0 saturated heterocycles. The number of carbonyl (C=O) groups is 1. The van der Waals surface area contributed by atoms with Crippen molar-refractivity contribution in [3.63, 3.8) is 0 Å². The number of amides is 1. The van der Waals surface area contributed by atoms with Crippen molar-refractivity contribution in [1.82, 2.24) is 4.90 Å². The molecule has 0 fully saturated rings. The number of nitrogens with zero attached hydrogens (tertiary/aromatic N) is 1. The number of halogens is 2. The SMILES string of the molecule is CN(CCC(N)=S)C(=O)CCOc1cc(Cl)ccc1Cl. The van der Waals surface area contributed by atoms with Gasteiger partial charge in [0.25, 0.3) is 0 Å². The fourth-order valence-corrected chi connectivity index (χ4v) is 1.86. The van der Waals surface area contributed by atoms with Gasteiger partial charge in [-0.3, -0.25) is 4.79 Å². The predicted molar refractivity (Wildman–Crippen MR) is 85.6 cm³/mol. The summed E-state index contributed by atoms with van der Waals surface area (Å²) < 4.78 is 5.45. The second-order valence-electron chi connectivity index (χ2n) is 4.20. The number of rotatable bonds is 7. The molecule has 0 aliphatic carbocycles. The number of ether oxygens (including phenoxy) is 1. The molecule has 0 aliphatic rings. The van der Waals surface area contributed by atoms with E-state index in [0.717, 1.165) is 0 Å². The summed E-state index contributed by atoms with van der Waals surface area (Å²) in [4.78, 5) is 13.8. The highest BCUT2D eigenvalue weighted by Gasteiger charge is 2.10. The van der Waals surface area contributed by atoms with Gasteiger partial charge in [0, 0.05) is 31.1 Å². The zero-order valence-electron chi connectivity index (χ0n) is 11.1. The Morgan fingerprint density at radius 1 is 1.40 bits per heavy atom. The Bertz CT molecular complexity index is 497. The van der Waals surface area contributed by atoms with Crippen LogP contribution in [0.3, 0.4) is 0 Å². The van der Waals surface area contributed by atoms with Crippen LogP contribution in [0.15, 0.2) is 18.2 Å². The molecule has 0 unspecified atom stereocenters. The summed E-state index contributed by atoms with van der Waals surface area (Å²) >= 11 is 16.6. The van der Waals surface area contributed by atoms with Crippen molar-refractivity contribution < 1.29 is 9.53 Å². The van der Waals surface area contributed by atoms with Crippen molar-refractivity contribution in [3.05, 3.63) is 28.2 Å². The molecule has 7 heteroatoms. The highest BCUT2D eigenvalue weighted by Crippen LogP contribution is 2.27. The second kappa shape index (κ2) is 8.29. The first-order valence-electron chi connectivity index (χ1n) is 6.00. The molecule has 0 atom stereocenters. The molecule has 110 valence electrons. The average Bonchev–Trinajstić information content (AvgIpc) is 2.39. The third-order valence-electron chi connectivity index (χ3n) is 2.59. The average molecular weight is 335 g/mol. The summed E-state index contributed by atoms with van der Waals surface area (Å²) in [6.07, 6.45) is 0.759. The molecule has 1 aromatic carbocycles. The fraction of sp³-hybridized carbons (Fsp3) is 0.385. The number of carbonyl (C=O) groups excluding carboxylic acids is 1. The monoisotopic (exact) mass is 334 g/mol. The van der Waals surface area contributed by atoms with Crippen molar-refractivity contribution in [3.8, 4) is 5.75 Å². The topological polar surface area (TPSA) is 55.6 Å². The molecule has 0 spiro atoms. The molecular weight excluding hydrogens is 319 g/mol. The summed E-state index contributed by atoms with van der Waals surface area (Å²) in [7, 11) is 1.70. The normalized spacial score (nSPS) is 10.2. The highest BCUT2D eigenvalue weighted by molar-refractivity contribution is 7.80. The summed E-state index contributed by atoms with van der Waals surface area (Å²) in [5.74, 6) is 0.428. The Kier molecular flexibility index (Phi) is 7.05. The maximum absolute atomic E-state index is 11.8. The van der Waals surface area contributed by atoms with Gasteiger partial charge in [0.2, 0.25) is 5.91 Å². The van der Waals surface area contributed by atoms with Crippen LogP contribution in [0.25, 0.3) is 0 Å². The Balaban J connectivity index is 2.38. The lowest BCUT2D eigenvalue weighted by molar-refractivity contribution is -0.130. The lowest BCUT2D eigenvalue weighted by atomic mass is 10.3. The van der Waals surface area contributed by atoms with Crippen LogP contribution in [0.4, 0.5) is 0 Å². The van der Waals surface area contributed by atoms with Gasteiger partial charge >= 0.3 is 0 Å². The van der Waals surface area contributed by atoms with Crippen LogP contribution in [0.1, 0.15) is 12.8 Å². The van der Waals surface area contributed by atoms with Gasteiger partial charge in [-0.05, 0) is 12.1 Å². The Hall–Kier alpha value is -1.04. The van der Waals surface area contributed by atoms with Gasteiger partial charge in [0.1, 0.15) is 5.75 Å². The van der Waals surface area contributed by atoms with Crippen LogP contribution in [0.5, 0.6) is 5.75 Å². The first-order valence-corrected chi connectivity index (χ1v) is 7.16. The summed E-state index contributed by atoms with van der Waals surface area (Å²) in [6.45, 7) is 0.738. The number of hydrogen-bond acceptors (Lipinski definition) is 3. The van der Waals surface area contributed by atoms with Crippen LogP contribution in [0.2, 0.25) is 10.0 Å². The smallest absolute Gasteiger partial charge is 0.225 e.